The molecule has 3 N–H and O–H groups in total. The van der Waals surface area contributed by atoms with Gasteiger partial charge in [-0.15, -0.1) is 0 Å². The van der Waals surface area contributed by atoms with Crippen LogP contribution in [0.25, 0.3) is 0 Å². The molecule has 170 valence electrons. The van der Waals surface area contributed by atoms with Gasteiger partial charge in [0.1, 0.15) is 0 Å². The summed E-state index contributed by atoms with van der Waals surface area (Å²) in [6.07, 6.45) is 2.70. The monoisotopic (exact) mass is 446 g/mol. The topological polar surface area (TPSA) is 114 Å². The first-order valence-corrected chi connectivity index (χ1v) is 10.7. The third kappa shape index (κ3) is 6.05. The maximum Gasteiger partial charge on any atom is 0.361 e. The maximum atomic E-state index is 12.1. The number of esters is 1. The molecule has 0 spiro atoms. The number of piperazine rings is 1. The van der Waals surface area contributed by atoms with Gasteiger partial charge in [0.25, 0.3) is 5.91 Å². The number of nitrogens with zero attached hydrogens (tertiary/aromatic N) is 4. The van der Waals surface area contributed by atoms with Crippen LogP contribution in [0.2, 0.25) is 0 Å². The number of hydrogen-bond acceptors (Lipinski definition) is 8. The van der Waals surface area contributed by atoms with Crippen LogP contribution >= 0.6 is 0 Å². The number of anilines is 3. The van der Waals surface area contributed by atoms with Crippen molar-refractivity contribution in [3.8, 4) is 0 Å². The van der Waals surface area contributed by atoms with E-state index >= 15 is 0 Å². The summed E-state index contributed by atoms with van der Waals surface area (Å²) in [4.78, 5) is 36.5. The van der Waals surface area contributed by atoms with Gasteiger partial charge in [-0.1, -0.05) is 30.3 Å². The molecule has 0 unspecified atom stereocenters. The Hall–Kier alpha value is -3.98. The smallest absolute Gasteiger partial charge is 0.361 e. The molecule has 1 aromatic heterocycles. The second-order valence-electron chi connectivity index (χ2n) is 7.71. The molecule has 0 atom stereocenters. The van der Waals surface area contributed by atoms with Crippen LogP contribution in [0, 0.1) is 0 Å². The highest BCUT2D eigenvalue weighted by Crippen LogP contribution is 2.20. The zero-order valence-electron chi connectivity index (χ0n) is 18.2. The first-order valence-electron chi connectivity index (χ1n) is 10.7. The van der Waals surface area contributed by atoms with Crippen LogP contribution in [0.5, 0.6) is 0 Å². The summed E-state index contributed by atoms with van der Waals surface area (Å²) in [7, 11) is 0. The van der Waals surface area contributed by atoms with E-state index in [1.54, 1.807) is 0 Å². The van der Waals surface area contributed by atoms with Crippen molar-refractivity contribution < 1.29 is 14.3 Å². The molecule has 1 saturated heterocycles. The van der Waals surface area contributed by atoms with E-state index in [9.17, 15) is 9.59 Å². The Balaban J connectivity index is 1.22. The van der Waals surface area contributed by atoms with Crippen LogP contribution in [0.15, 0.2) is 67.0 Å². The standard InChI is InChI=1S/C24H26N6O3/c25-23-22(26-10-11-27-23)24(32)33-17-21(31)28-19-6-8-20(9-7-19)30-14-12-29(13-15-30)16-18-4-2-1-3-5-18/h1-11H,12-17H2,(H2,25,27)(H,28,31). The first-order chi connectivity index (χ1) is 16.1. The molecule has 0 aliphatic carbocycles. The summed E-state index contributed by atoms with van der Waals surface area (Å²) in [6.45, 7) is 4.40. The molecule has 1 fully saturated rings. The van der Waals surface area contributed by atoms with Gasteiger partial charge in [0.05, 0.1) is 0 Å². The largest absolute Gasteiger partial charge is 0.451 e. The fourth-order valence-electron chi connectivity index (χ4n) is 3.66. The van der Waals surface area contributed by atoms with Crippen molar-refractivity contribution in [2.24, 2.45) is 0 Å². The third-order valence-corrected chi connectivity index (χ3v) is 5.39. The van der Waals surface area contributed by atoms with Gasteiger partial charge in [-0.25, -0.2) is 14.8 Å². The molecule has 1 aliphatic rings. The number of amides is 1. The van der Waals surface area contributed by atoms with E-state index in [-0.39, 0.29) is 11.5 Å². The Bertz CT molecular complexity index is 1080. The lowest BCUT2D eigenvalue weighted by Crippen LogP contribution is -2.45. The Morgan fingerprint density at radius 3 is 2.33 bits per heavy atom. The summed E-state index contributed by atoms with van der Waals surface area (Å²) >= 11 is 0. The van der Waals surface area contributed by atoms with Crippen LogP contribution in [-0.4, -0.2) is 59.5 Å². The quantitative estimate of drug-likeness (QED) is 0.531. The number of nitrogen functional groups attached to an aromatic ring is 1. The van der Waals surface area contributed by atoms with Crippen LogP contribution < -0.4 is 16.0 Å². The van der Waals surface area contributed by atoms with Crippen LogP contribution in [-0.2, 0) is 16.1 Å². The Morgan fingerprint density at radius 1 is 0.939 bits per heavy atom. The van der Waals surface area contributed by atoms with Gasteiger partial charge >= 0.3 is 5.97 Å². The van der Waals surface area contributed by atoms with Crippen molar-refractivity contribution in [2.75, 3.05) is 48.7 Å². The van der Waals surface area contributed by atoms with Crippen molar-refractivity contribution >= 4 is 29.1 Å². The fraction of sp³-hybridized carbons (Fsp3) is 0.250. The van der Waals surface area contributed by atoms with Gasteiger partial charge in [-0.2, -0.15) is 0 Å². The summed E-state index contributed by atoms with van der Waals surface area (Å²) < 4.78 is 4.97. The lowest BCUT2D eigenvalue weighted by atomic mass is 10.2. The van der Waals surface area contributed by atoms with Crippen molar-refractivity contribution in [1.82, 2.24) is 14.9 Å². The Kier molecular flexibility index (Phi) is 7.11. The highest BCUT2D eigenvalue weighted by atomic mass is 16.5. The highest BCUT2D eigenvalue weighted by Gasteiger charge is 2.18. The number of carbonyl (C=O) groups excluding carboxylic acids is 2. The van der Waals surface area contributed by atoms with Crippen LogP contribution in [0.1, 0.15) is 16.1 Å². The number of ether oxygens (including phenoxy) is 1. The van der Waals surface area contributed by atoms with E-state index in [1.165, 1.54) is 18.0 Å². The molecule has 2 heterocycles. The van der Waals surface area contributed by atoms with E-state index in [2.05, 4.69) is 49.4 Å². The minimum absolute atomic E-state index is 0.0422. The van der Waals surface area contributed by atoms with Crippen molar-refractivity contribution in [3.05, 3.63) is 78.2 Å². The Morgan fingerprint density at radius 2 is 1.64 bits per heavy atom. The molecule has 9 nitrogen and oxygen atoms in total. The normalized spacial score (nSPS) is 14.0. The molecule has 0 bridgehead atoms. The molecule has 0 radical (unpaired) electrons. The van der Waals surface area contributed by atoms with Crippen molar-refractivity contribution in [3.63, 3.8) is 0 Å². The summed E-state index contributed by atoms with van der Waals surface area (Å²) in [5.74, 6) is -1.29. The molecule has 9 heteroatoms. The Labute approximate surface area is 192 Å². The third-order valence-electron chi connectivity index (χ3n) is 5.39. The highest BCUT2D eigenvalue weighted by molar-refractivity contribution is 5.96. The van der Waals surface area contributed by atoms with E-state index in [0.717, 1.165) is 38.4 Å². The summed E-state index contributed by atoms with van der Waals surface area (Å²) in [6, 6.07) is 18.1. The lowest BCUT2D eigenvalue weighted by molar-refractivity contribution is -0.119. The number of hydrogen-bond donors (Lipinski definition) is 2. The minimum atomic E-state index is -0.794. The van der Waals surface area contributed by atoms with Gasteiger partial charge in [0.2, 0.25) is 0 Å². The number of carbonyl (C=O) groups is 2. The van der Waals surface area contributed by atoms with Gasteiger partial charge < -0.3 is 20.7 Å². The predicted octanol–water partition coefficient (Wildman–Crippen LogP) is 2.18. The molecule has 3 aromatic rings. The second kappa shape index (κ2) is 10.6. The first kappa shape index (κ1) is 22.2. The summed E-state index contributed by atoms with van der Waals surface area (Å²) in [5, 5.41) is 2.72. The van der Waals surface area contributed by atoms with Crippen LogP contribution in [0.4, 0.5) is 17.2 Å². The maximum absolute atomic E-state index is 12.1. The van der Waals surface area contributed by atoms with Crippen LogP contribution in [0.3, 0.4) is 0 Å². The van der Waals surface area contributed by atoms with E-state index < -0.39 is 18.5 Å². The zero-order valence-corrected chi connectivity index (χ0v) is 18.2. The SMILES string of the molecule is Nc1nccnc1C(=O)OCC(=O)Nc1ccc(N2CCN(Cc3ccccc3)CC2)cc1. The number of nitrogens with two attached hydrogens (primary N) is 1. The number of aromatic nitrogens is 2. The predicted molar refractivity (Wildman–Crippen MR) is 126 cm³/mol. The molecule has 4 rings (SSSR count). The van der Waals surface area contributed by atoms with Gasteiger partial charge in [-0.05, 0) is 29.8 Å². The number of benzene rings is 2. The average Bonchev–Trinajstić information content (AvgIpc) is 2.84. The second-order valence-corrected chi connectivity index (χ2v) is 7.71. The summed E-state index contributed by atoms with van der Waals surface area (Å²) in [5.41, 5.74) is 8.54. The molecule has 33 heavy (non-hydrogen) atoms. The van der Waals surface area contributed by atoms with E-state index in [4.69, 9.17) is 10.5 Å². The van der Waals surface area contributed by atoms with Gasteiger partial charge in [-0.3, -0.25) is 9.69 Å². The molecule has 0 saturated carbocycles. The molecule has 2 aromatic carbocycles. The van der Waals surface area contributed by atoms with Crippen molar-refractivity contribution in [1.29, 1.82) is 0 Å². The molecule has 1 aliphatic heterocycles. The van der Waals surface area contributed by atoms with Crippen molar-refractivity contribution in [2.45, 2.75) is 6.54 Å². The zero-order chi connectivity index (χ0) is 23.0. The fourth-order valence-corrected chi connectivity index (χ4v) is 3.66. The van der Waals surface area contributed by atoms with Gasteiger partial charge in [0.15, 0.2) is 18.1 Å². The van der Waals surface area contributed by atoms with Gasteiger partial charge in [0, 0.05) is 56.5 Å². The van der Waals surface area contributed by atoms with E-state index in [0.29, 0.717) is 5.69 Å². The average molecular weight is 447 g/mol. The molecule has 1 amide bonds. The molecular weight excluding hydrogens is 420 g/mol. The minimum Gasteiger partial charge on any atom is -0.451 e. The molecular formula is C24H26N6O3. The lowest BCUT2D eigenvalue weighted by Gasteiger charge is -2.36. The number of nitrogens with one attached hydrogen (secondary N) is 1. The number of rotatable bonds is 7. The van der Waals surface area contributed by atoms with E-state index in [1.807, 2.05) is 30.3 Å².